The highest BCUT2D eigenvalue weighted by molar-refractivity contribution is 5.27. The Balaban J connectivity index is 2.36. The zero-order valence-electron chi connectivity index (χ0n) is 11.4. The molecule has 0 unspecified atom stereocenters. The lowest BCUT2D eigenvalue weighted by molar-refractivity contribution is -0.0112. The Morgan fingerprint density at radius 2 is 2.11 bits per heavy atom. The van der Waals surface area contributed by atoms with E-state index in [1.165, 1.54) is 5.57 Å². The van der Waals surface area contributed by atoms with Gasteiger partial charge in [0.05, 0.1) is 24.2 Å². The van der Waals surface area contributed by atoms with Gasteiger partial charge in [-0.25, -0.2) is 0 Å². The van der Waals surface area contributed by atoms with E-state index in [1.807, 2.05) is 0 Å². The van der Waals surface area contributed by atoms with Gasteiger partial charge in [0.15, 0.2) is 0 Å². The lowest BCUT2D eigenvalue weighted by atomic mass is 9.56. The van der Waals surface area contributed by atoms with Gasteiger partial charge in [-0.2, -0.15) is 5.26 Å². The molecule has 5 atom stereocenters. The van der Waals surface area contributed by atoms with Gasteiger partial charge in [-0.05, 0) is 31.1 Å². The molecule has 3 heteroatoms. The summed E-state index contributed by atoms with van der Waals surface area (Å²) in [6, 6.07) is 2.43. The van der Waals surface area contributed by atoms with Crippen LogP contribution in [0.2, 0.25) is 0 Å². The molecule has 2 N–H and O–H groups in total. The molecule has 2 rings (SSSR count). The summed E-state index contributed by atoms with van der Waals surface area (Å²) in [5.41, 5.74) is 0.926. The molecule has 2 aliphatic rings. The predicted octanol–water partition coefficient (Wildman–Crippen LogP) is 2.25. The van der Waals surface area contributed by atoms with Gasteiger partial charge in [-0.15, -0.1) is 0 Å². The van der Waals surface area contributed by atoms with E-state index < -0.39 is 12.2 Å². The van der Waals surface area contributed by atoms with Crippen molar-refractivity contribution in [3.05, 3.63) is 11.6 Å². The van der Waals surface area contributed by atoms with Crippen molar-refractivity contribution in [3.63, 3.8) is 0 Å². The lowest BCUT2D eigenvalue weighted by Gasteiger charge is -2.48. The van der Waals surface area contributed by atoms with Gasteiger partial charge in [0.1, 0.15) is 0 Å². The van der Waals surface area contributed by atoms with Crippen LogP contribution in [0, 0.1) is 34.5 Å². The van der Waals surface area contributed by atoms with Crippen LogP contribution in [0.15, 0.2) is 11.6 Å². The quantitative estimate of drug-likeness (QED) is 0.701. The van der Waals surface area contributed by atoms with Gasteiger partial charge < -0.3 is 10.2 Å². The van der Waals surface area contributed by atoms with Crippen LogP contribution in [-0.2, 0) is 0 Å². The summed E-state index contributed by atoms with van der Waals surface area (Å²) in [5, 5.41) is 29.1. The van der Waals surface area contributed by atoms with Gasteiger partial charge in [0.25, 0.3) is 0 Å². The number of aliphatic hydroxyl groups excluding tert-OH is 2. The Bertz CT molecular complexity index is 396. The molecule has 0 aromatic rings. The molecule has 0 saturated heterocycles. The molecular formula is C15H23NO2. The third kappa shape index (κ3) is 2.08. The van der Waals surface area contributed by atoms with E-state index >= 15 is 0 Å². The van der Waals surface area contributed by atoms with Crippen molar-refractivity contribution in [1.82, 2.24) is 0 Å². The Morgan fingerprint density at radius 3 is 2.67 bits per heavy atom. The van der Waals surface area contributed by atoms with E-state index in [1.54, 1.807) is 6.08 Å². The molecular weight excluding hydrogens is 226 g/mol. The minimum absolute atomic E-state index is 0.0490. The van der Waals surface area contributed by atoms with Crippen LogP contribution in [0.5, 0.6) is 0 Å². The van der Waals surface area contributed by atoms with Crippen molar-refractivity contribution >= 4 is 0 Å². The number of fused-ring (bicyclic) bond motifs is 1. The summed E-state index contributed by atoms with van der Waals surface area (Å²) in [5.74, 6) is 1.01. The number of nitriles is 1. The fourth-order valence-corrected chi connectivity index (χ4v) is 3.49. The van der Waals surface area contributed by atoms with Crippen LogP contribution in [0.3, 0.4) is 0 Å². The maximum absolute atomic E-state index is 9.87. The number of hydrogen-bond acceptors (Lipinski definition) is 3. The zero-order chi connectivity index (χ0) is 13.5. The normalized spacial score (nSPS) is 44.2. The van der Waals surface area contributed by atoms with Gasteiger partial charge in [-0.1, -0.05) is 32.4 Å². The second-order valence-electron chi connectivity index (χ2n) is 6.50. The summed E-state index contributed by atoms with van der Waals surface area (Å²) in [6.07, 6.45) is 2.67. The largest absolute Gasteiger partial charge is 0.390 e. The summed E-state index contributed by atoms with van der Waals surface area (Å²) >= 11 is 0. The summed E-state index contributed by atoms with van der Waals surface area (Å²) in [4.78, 5) is 0. The number of nitrogens with zero attached hydrogens (tertiary/aromatic N) is 1. The number of allylic oxidation sites excluding steroid dienone is 1. The molecule has 1 saturated carbocycles. The van der Waals surface area contributed by atoms with E-state index in [0.717, 1.165) is 12.8 Å². The summed E-state index contributed by atoms with van der Waals surface area (Å²) in [7, 11) is 0. The van der Waals surface area contributed by atoms with Crippen molar-refractivity contribution in [2.75, 3.05) is 0 Å². The average molecular weight is 249 g/mol. The van der Waals surface area contributed by atoms with Crippen molar-refractivity contribution < 1.29 is 10.2 Å². The summed E-state index contributed by atoms with van der Waals surface area (Å²) < 4.78 is 0. The molecule has 1 fully saturated rings. The first-order valence-corrected chi connectivity index (χ1v) is 6.85. The maximum atomic E-state index is 9.87. The van der Waals surface area contributed by atoms with E-state index in [-0.39, 0.29) is 11.3 Å². The van der Waals surface area contributed by atoms with Gasteiger partial charge >= 0.3 is 0 Å². The van der Waals surface area contributed by atoms with E-state index in [2.05, 4.69) is 26.8 Å². The average Bonchev–Trinajstić information content (AvgIpc) is 2.29. The van der Waals surface area contributed by atoms with Crippen molar-refractivity contribution in [1.29, 1.82) is 5.26 Å². The minimum Gasteiger partial charge on any atom is -0.390 e. The second-order valence-corrected chi connectivity index (χ2v) is 6.50. The van der Waals surface area contributed by atoms with E-state index in [9.17, 15) is 15.5 Å². The highest BCUT2D eigenvalue weighted by atomic mass is 16.3. The Kier molecular flexibility index (Phi) is 3.53. The molecule has 100 valence electrons. The Labute approximate surface area is 109 Å². The molecule has 3 nitrogen and oxygen atoms in total. The van der Waals surface area contributed by atoms with Crippen molar-refractivity contribution in [2.45, 2.75) is 52.2 Å². The second kappa shape index (κ2) is 4.68. The first kappa shape index (κ1) is 13.6. The Morgan fingerprint density at radius 1 is 1.44 bits per heavy atom. The number of hydrogen-bond donors (Lipinski definition) is 2. The standard InChI is InChI=1S/C15H23NO2/c1-9(2)10-4-11-6-13(17)14(18)7-15(11,3)12(5-10)8-16/h6,9-10,12-14,17-18H,4-5,7H2,1-3H3/t10-,12-,13+,14-,15+/m0/s1. The number of rotatable bonds is 1. The molecule has 0 spiro atoms. The van der Waals surface area contributed by atoms with Crippen LogP contribution in [0.1, 0.15) is 40.0 Å². The van der Waals surface area contributed by atoms with Crippen molar-refractivity contribution in [3.8, 4) is 6.07 Å². The third-order valence-corrected chi connectivity index (χ3v) is 5.02. The highest BCUT2D eigenvalue weighted by Crippen LogP contribution is 2.53. The maximum Gasteiger partial charge on any atom is 0.0983 e. The fourth-order valence-electron chi connectivity index (χ4n) is 3.49. The SMILES string of the molecule is CC(C)[C@H]1CC2=C[C@@H](O)[C@@H](O)C[C@@]2(C)[C@H](C#N)C1. The topological polar surface area (TPSA) is 64.2 Å². The molecule has 2 aliphatic carbocycles. The first-order chi connectivity index (χ1) is 8.38. The Hall–Kier alpha value is -0.850. The smallest absolute Gasteiger partial charge is 0.0983 e. The fraction of sp³-hybridized carbons (Fsp3) is 0.800. The highest BCUT2D eigenvalue weighted by Gasteiger charge is 2.48. The lowest BCUT2D eigenvalue weighted by Crippen LogP contribution is -2.45. The molecule has 18 heavy (non-hydrogen) atoms. The van der Waals surface area contributed by atoms with Gasteiger partial charge in [0, 0.05) is 5.41 Å². The van der Waals surface area contributed by atoms with Crippen LogP contribution < -0.4 is 0 Å². The third-order valence-electron chi connectivity index (χ3n) is 5.02. The van der Waals surface area contributed by atoms with Crippen LogP contribution in [-0.4, -0.2) is 22.4 Å². The van der Waals surface area contributed by atoms with Gasteiger partial charge in [0.2, 0.25) is 0 Å². The summed E-state index contributed by atoms with van der Waals surface area (Å²) in [6.45, 7) is 6.45. The first-order valence-electron chi connectivity index (χ1n) is 6.85. The molecule has 0 heterocycles. The minimum atomic E-state index is -0.765. The molecule has 0 aliphatic heterocycles. The van der Waals surface area contributed by atoms with Crippen molar-refractivity contribution in [2.24, 2.45) is 23.2 Å². The van der Waals surface area contributed by atoms with E-state index in [4.69, 9.17) is 0 Å². The van der Waals surface area contributed by atoms with E-state index in [0.29, 0.717) is 18.3 Å². The molecule has 0 bridgehead atoms. The molecule has 0 radical (unpaired) electrons. The molecule has 0 amide bonds. The number of aliphatic hydroxyl groups is 2. The monoisotopic (exact) mass is 249 g/mol. The molecule has 0 aromatic heterocycles. The van der Waals surface area contributed by atoms with Gasteiger partial charge in [-0.3, -0.25) is 0 Å². The predicted molar refractivity (Wildman–Crippen MR) is 69.5 cm³/mol. The van der Waals surface area contributed by atoms with Crippen LogP contribution >= 0.6 is 0 Å². The van der Waals surface area contributed by atoms with Crippen LogP contribution in [0.25, 0.3) is 0 Å². The zero-order valence-corrected chi connectivity index (χ0v) is 11.4. The van der Waals surface area contributed by atoms with Crippen LogP contribution in [0.4, 0.5) is 0 Å². The molecule has 0 aromatic carbocycles.